The SMILES string of the molecule is CC(C)n1c(COc2ccc(O)cc2)cc2cc(Cl)ccc21. The van der Waals surface area contributed by atoms with Crippen molar-refractivity contribution in [2.45, 2.75) is 26.5 Å². The predicted molar refractivity (Wildman–Crippen MR) is 89.8 cm³/mol. The third-order valence-electron chi connectivity index (χ3n) is 3.62. The molecule has 0 saturated heterocycles. The van der Waals surface area contributed by atoms with E-state index in [1.165, 1.54) is 0 Å². The summed E-state index contributed by atoms with van der Waals surface area (Å²) in [4.78, 5) is 0. The normalized spacial score (nSPS) is 11.3. The van der Waals surface area contributed by atoms with E-state index in [-0.39, 0.29) is 5.75 Å². The van der Waals surface area contributed by atoms with E-state index in [0.717, 1.165) is 27.4 Å². The van der Waals surface area contributed by atoms with Gasteiger partial charge >= 0.3 is 0 Å². The Morgan fingerprint density at radius 3 is 2.50 bits per heavy atom. The van der Waals surface area contributed by atoms with Crippen LogP contribution in [0.3, 0.4) is 0 Å². The summed E-state index contributed by atoms with van der Waals surface area (Å²) in [6.07, 6.45) is 0. The highest BCUT2D eigenvalue weighted by atomic mass is 35.5. The minimum Gasteiger partial charge on any atom is -0.508 e. The maximum Gasteiger partial charge on any atom is 0.128 e. The number of aromatic hydroxyl groups is 1. The van der Waals surface area contributed by atoms with Crippen LogP contribution in [0.25, 0.3) is 10.9 Å². The van der Waals surface area contributed by atoms with Gasteiger partial charge in [0.05, 0.1) is 5.69 Å². The first-order valence-corrected chi connectivity index (χ1v) is 7.63. The van der Waals surface area contributed by atoms with Crippen molar-refractivity contribution in [3.8, 4) is 11.5 Å². The molecular weight excluding hydrogens is 298 g/mol. The molecule has 0 fully saturated rings. The number of halogens is 1. The molecule has 1 heterocycles. The highest BCUT2D eigenvalue weighted by molar-refractivity contribution is 6.31. The molecule has 1 aromatic heterocycles. The topological polar surface area (TPSA) is 34.4 Å². The Balaban J connectivity index is 1.92. The lowest BCUT2D eigenvalue weighted by Crippen LogP contribution is -2.08. The number of fused-ring (bicyclic) bond motifs is 1. The van der Waals surface area contributed by atoms with Crippen molar-refractivity contribution in [2.24, 2.45) is 0 Å². The van der Waals surface area contributed by atoms with Gasteiger partial charge in [-0.2, -0.15) is 0 Å². The summed E-state index contributed by atoms with van der Waals surface area (Å²) in [5.41, 5.74) is 2.25. The van der Waals surface area contributed by atoms with Gasteiger partial charge in [-0.25, -0.2) is 0 Å². The van der Waals surface area contributed by atoms with E-state index in [9.17, 15) is 5.11 Å². The molecule has 0 unspecified atom stereocenters. The Bertz CT molecular complexity index is 791. The average Bonchev–Trinajstić information content (AvgIpc) is 2.84. The third-order valence-corrected chi connectivity index (χ3v) is 3.86. The van der Waals surface area contributed by atoms with E-state index < -0.39 is 0 Å². The first-order chi connectivity index (χ1) is 10.5. The molecule has 1 N–H and O–H groups in total. The van der Waals surface area contributed by atoms with Gasteiger partial charge in [-0.1, -0.05) is 11.6 Å². The quantitative estimate of drug-likeness (QED) is 0.721. The summed E-state index contributed by atoms with van der Waals surface area (Å²) >= 11 is 6.08. The van der Waals surface area contributed by atoms with Gasteiger partial charge < -0.3 is 14.4 Å². The summed E-state index contributed by atoms with van der Waals surface area (Å²) in [5, 5.41) is 11.2. The van der Waals surface area contributed by atoms with Crippen molar-refractivity contribution < 1.29 is 9.84 Å². The van der Waals surface area contributed by atoms with Crippen LogP contribution < -0.4 is 4.74 Å². The predicted octanol–water partition coefficient (Wildman–Crippen LogP) is 5.16. The molecule has 3 rings (SSSR count). The fourth-order valence-corrected chi connectivity index (χ4v) is 2.87. The molecule has 2 aromatic carbocycles. The van der Waals surface area contributed by atoms with E-state index in [2.05, 4.69) is 24.5 Å². The molecule has 0 amide bonds. The second kappa shape index (κ2) is 5.93. The summed E-state index contributed by atoms with van der Waals surface area (Å²) < 4.78 is 8.09. The zero-order valence-corrected chi connectivity index (χ0v) is 13.3. The number of aromatic nitrogens is 1. The van der Waals surface area contributed by atoms with Crippen molar-refractivity contribution in [1.82, 2.24) is 4.57 Å². The van der Waals surface area contributed by atoms with Gasteiger partial charge in [0.2, 0.25) is 0 Å². The van der Waals surface area contributed by atoms with Crippen LogP contribution in [0, 0.1) is 0 Å². The molecule has 0 bridgehead atoms. The fourth-order valence-electron chi connectivity index (χ4n) is 2.68. The number of phenols is 1. The summed E-state index contributed by atoms with van der Waals surface area (Å²) in [6, 6.07) is 15.1. The van der Waals surface area contributed by atoms with Crippen LogP contribution in [0.1, 0.15) is 25.6 Å². The molecule has 0 aliphatic rings. The van der Waals surface area contributed by atoms with Crippen molar-refractivity contribution in [3.63, 3.8) is 0 Å². The highest BCUT2D eigenvalue weighted by Gasteiger charge is 2.12. The van der Waals surface area contributed by atoms with Gasteiger partial charge in [-0.05, 0) is 62.4 Å². The lowest BCUT2D eigenvalue weighted by atomic mass is 10.2. The lowest BCUT2D eigenvalue weighted by molar-refractivity contribution is 0.292. The molecule has 3 nitrogen and oxygen atoms in total. The number of nitrogens with zero attached hydrogens (tertiary/aromatic N) is 1. The maximum atomic E-state index is 9.31. The van der Waals surface area contributed by atoms with Gasteiger partial charge in [0, 0.05) is 22.0 Å². The Kier molecular flexibility index (Phi) is 3.99. The van der Waals surface area contributed by atoms with Crippen LogP contribution in [-0.2, 0) is 6.61 Å². The standard InChI is InChI=1S/C18H18ClNO2/c1-12(2)20-15(10-13-9-14(19)3-8-18(13)20)11-22-17-6-4-16(21)5-7-17/h3-10,12,21H,11H2,1-2H3. The summed E-state index contributed by atoms with van der Waals surface area (Å²) in [6.45, 7) is 4.77. The van der Waals surface area contributed by atoms with Crippen molar-refractivity contribution >= 4 is 22.5 Å². The van der Waals surface area contributed by atoms with E-state index in [0.29, 0.717) is 12.6 Å². The number of benzene rings is 2. The lowest BCUT2D eigenvalue weighted by Gasteiger charge is -2.15. The fraction of sp³-hybridized carbons (Fsp3) is 0.222. The van der Waals surface area contributed by atoms with Gasteiger partial charge in [0.15, 0.2) is 0 Å². The Morgan fingerprint density at radius 2 is 1.82 bits per heavy atom. The number of hydrogen-bond donors (Lipinski definition) is 1. The summed E-state index contributed by atoms with van der Waals surface area (Å²) in [5.74, 6) is 0.967. The second-order valence-electron chi connectivity index (χ2n) is 5.59. The Morgan fingerprint density at radius 1 is 1.09 bits per heavy atom. The number of hydrogen-bond acceptors (Lipinski definition) is 2. The van der Waals surface area contributed by atoms with E-state index in [4.69, 9.17) is 16.3 Å². The average molecular weight is 316 g/mol. The molecule has 0 radical (unpaired) electrons. The smallest absolute Gasteiger partial charge is 0.128 e. The van der Waals surface area contributed by atoms with Gasteiger partial charge in [-0.3, -0.25) is 0 Å². The molecule has 114 valence electrons. The monoisotopic (exact) mass is 315 g/mol. The second-order valence-corrected chi connectivity index (χ2v) is 6.02. The van der Waals surface area contributed by atoms with E-state index in [1.807, 2.05) is 18.2 Å². The van der Waals surface area contributed by atoms with Gasteiger partial charge in [-0.15, -0.1) is 0 Å². The van der Waals surface area contributed by atoms with Crippen molar-refractivity contribution in [3.05, 3.63) is 59.2 Å². The van der Waals surface area contributed by atoms with Crippen LogP contribution in [0.2, 0.25) is 5.02 Å². The van der Waals surface area contributed by atoms with Crippen LogP contribution in [0.4, 0.5) is 0 Å². The molecule has 22 heavy (non-hydrogen) atoms. The number of phenolic OH excluding ortho intramolecular Hbond substituents is 1. The maximum absolute atomic E-state index is 9.31. The third kappa shape index (κ3) is 2.90. The molecule has 3 aromatic rings. The minimum absolute atomic E-state index is 0.235. The zero-order chi connectivity index (χ0) is 15.7. The Hall–Kier alpha value is -2.13. The van der Waals surface area contributed by atoms with Gasteiger partial charge in [0.1, 0.15) is 18.1 Å². The Labute approximate surface area is 134 Å². The van der Waals surface area contributed by atoms with Crippen LogP contribution in [0.15, 0.2) is 48.5 Å². The van der Waals surface area contributed by atoms with Crippen molar-refractivity contribution in [1.29, 1.82) is 0 Å². The molecule has 0 aliphatic carbocycles. The zero-order valence-electron chi connectivity index (χ0n) is 12.6. The van der Waals surface area contributed by atoms with Crippen LogP contribution in [-0.4, -0.2) is 9.67 Å². The van der Waals surface area contributed by atoms with Gasteiger partial charge in [0.25, 0.3) is 0 Å². The van der Waals surface area contributed by atoms with Crippen LogP contribution >= 0.6 is 11.6 Å². The summed E-state index contributed by atoms with van der Waals surface area (Å²) in [7, 11) is 0. The van der Waals surface area contributed by atoms with Crippen molar-refractivity contribution in [2.75, 3.05) is 0 Å². The first kappa shape index (κ1) is 14.8. The largest absolute Gasteiger partial charge is 0.508 e. The number of rotatable bonds is 4. The van der Waals surface area contributed by atoms with E-state index in [1.54, 1.807) is 24.3 Å². The first-order valence-electron chi connectivity index (χ1n) is 7.26. The van der Waals surface area contributed by atoms with E-state index >= 15 is 0 Å². The molecule has 4 heteroatoms. The van der Waals surface area contributed by atoms with Crippen LogP contribution in [0.5, 0.6) is 11.5 Å². The number of ether oxygens (including phenoxy) is 1. The highest BCUT2D eigenvalue weighted by Crippen LogP contribution is 2.27. The molecule has 0 atom stereocenters. The molecule has 0 spiro atoms. The molecular formula is C18H18ClNO2. The minimum atomic E-state index is 0.235. The molecule has 0 aliphatic heterocycles. The molecule has 0 saturated carbocycles.